The summed E-state index contributed by atoms with van der Waals surface area (Å²) in [6.07, 6.45) is 5.79. The maximum absolute atomic E-state index is 13.1. The highest BCUT2D eigenvalue weighted by molar-refractivity contribution is 6.09. The number of hydrogen-bond donors (Lipinski definition) is 2. The fourth-order valence-electron chi connectivity index (χ4n) is 4.53. The molecule has 38 heavy (non-hydrogen) atoms. The zero-order valence-corrected chi connectivity index (χ0v) is 22.6. The number of rotatable bonds is 10. The van der Waals surface area contributed by atoms with E-state index in [1.54, 1.807) is 49.6 Å². The number of unbranched alkanes of at least 4 members (excludes halogenated alkanes) is 2. The lowest BCUT2D eigenvalue weighted by Gasteiger charge is -2.35. The zero-order chi connectivity index (χ0) is 27.1. The van der Waals surface area contributed by atoms with Gasteiger partial charge in [-0.15, -0.1) is 0 Å². The van der Waals surface area contributed by atoms with Crippen LogP contribution in [0.1, 0.15) is 71.9 Å². The summed E-state index contributed by atoms with van der Waals surface area (Å²) in [5, 5.41) is 6.38. The van der Waals surface area contributed by atoms with Gasteiger partial charge in [-0.2, -0.15) is 0 Å². The van der Waals surface area contributed by atoms with E-state index in [-0.39, 0.29) is 17.2 Å². The molecule has 0 spiro atoms. The number of ether oxygens (including phenoxy) is 2. The lowest BCUT2D eigenvalue weighted by molar-refractivity contribution is 0.102. The van der Waals surface area contributed by atoms with Crippen LogP contribution in [-0.2, 0) is 6.42 Å². The molecule has 0 saturated heterocycles. The van der Waals surface area contributed by atoms with Crippen LogP contribution >= 0.6 is 0 Å². The monoisotopic (exact) mass is 512 g/mol. The van der Waals surface area contributed by atoms with Gasteiger partial charge in [0, 0.05) is 39.7 Å². The molecule has 1 aliphatic heterocycles. The predicted octanol–water partition coefficient (Wildman–Crippen LogP) is 6.66. The summed E-state index contributed by atoms with van der Waals surface area (Å²) in [5.74, 6) is 1.17. The molecule has 1 heterocycles. The van der Waals surface area contributed by atoms with Crippen LogP contribution in [0.2, 0.25) is 0 Å². The maximum atomic E-state index is 13.1. The van der Waals surface area contributed by atoms with E-state index in [4.69, 9.17) is 9.47 Å². The molecule has 4 rings (SSSR count). The van der Waals surface area contributed by atoms with Crippen LogP contribution in [0.3, 0.4) is 0 Å². The number of carbonyl (C=O) groups excluding carboxylic acids is 2. The molecule has 0 radical (unpaired) electrons. The normalized spacial score (nSPS) is 14.8. The van der Waals surface area contributed by atoms with Crippen molar-refractivity contribution in [1.29, 1.82) is 0 Å². The van der Waals surface area contributed by atoms with Gasteiger partial charge in [0.15, 0.2) is 5.78 Å². The van der Waals surface area contributed by atoms with Crippen LogP contribution < -0.4 is 20.1 Å². The highest BCUT2D eigenvalue weighted by atomic mass is 16.5. The molecule has 3 aromatic rings. The molecule has 0 unspecified atom stereocenters. The van der Waals surface area contributed by atoms with Crippen molar-refractivity contribution in [2.24, 2.45) is 0 Å². The average Bonchev–Trinajstić information content (AvgIpc) is 2.91. The first-order valence-corrected chi connectivity index (χ1v) is 13.1. The minimum Gasteiger partial charge on any atom is -0.497 e. The van der Waals surface area contributed by atoms with Crippen LogP contribution in [0.4, 0.5) is 5.69 Å². The Bertz CT molecular complexity index is 1310. The Labute approximate surface area is 225 Å². The summed E-state index contributed by atoms with van der Waals surface area (Å²) >= 11 is 0. The number of ketones is 1. The van der Waals surface area contributed by atoms with Gasteiger partial charge in [-0.1, -0.05) is 25.8 Å². The number of fused-ring (bicyclic) bond motifs is 1. The third-order valence-corrected chi connectivity index (χ3v) is 6.55. The van der Waals surface area contributed by atoms with Gasteiger partial charge in [0.2, 0.25) is 0 Å². The average molecular weight is 513 g/mol. The molecule has 3 aromatic carbocycles. The van der Waals surface area contributed by atoms with Crippen molar-refractivity contribution < 1.29 is 19.1 Å². The Morgan fingerprint density at radius 3 is 2.32 bits per heavy atom. The topological polar surface area (TPSA) is 76.7 Å². The highest BCUT2D eigenvalue weighted by Gasteiger charge is 2.28. The molecule has 0 bridgehead atoms. The molecule has 0 saturated carbocycles. The standard InChI is InChI=1S/C32H36N2O4/c1-5-6-7-18-38-26-15-10-23(11-16-26)31(36)33-25-13-8-22(9-14-25)30(35)20-29-28-19-27(37-4)17-12-24(28)21-32(2,3)34-29/h8-17,19-20,34H,5-7,18,21H2,1-4H3,(H,33,36)/b29-20-. The van der Waals surface area contributed by atoms with Gasteiger partial charge in [0.1, 0.15) is 11.5 Å². The van der Waals surface area contributed by atoms with E-state index in [1.807, 2.05) is 24.3 Å². The number of hydrogen-bond acceptors (Lipinski definition) is 5. The summed E-state index contributed by atoms with van der Waals surface area (Å²) in [5.41, 5.74) is 4.43. The van der Waals surface area contributed by atoms with E-state index in [9.17, 15) is 9.59 Å². The van der Waals surface area contributed by atoms with E-state index in [2.05, 4.69) is 37.5 Å². The molecule has 0 aliphatic carbocycles. The molecule has 198 valence electrons. The van der Waals surface area contributed by atoms with Crippen molar-refractivity contribution in [3.63, 3.8) is 0 Å². The molecule has 0 atom stereocenters. The Kier molecular flexibility index (Phi) is 8.52. The molecule has 2 N–H and O–H groups in total. The second-order valence-corrected chi connectivity index (χ2v) is 10.2. The first kappa shape index (κ1) is 27.0. The minimum absolute atomic E-state index is 0.119. The Morgan fingerprint density at radius 2 is 1.63 bits per heavy atom. The van der Waals surface area contributed by atoms with Crippen molar-refractivity contribution in [3.8, 4) is 11.5 Å². The summed E-state index contributed by atoms with van der Waals surface area (Å²) in [7, 11) is 1.63. The lowest BCUT2D eigenvalue weighted by atomic mass is 9.85. The molecule has 6 nitrogen and oxygen atoms in total. The number of carbonyl (C=O) groups is 2. The van der Waals surface area contributed by atoms with E-state index in [1.165, 1.54) is 5.56 Å². The van der Waals surface area contributed by atoms with Gasteiger partial charge >= 0.3 is 0 Å². The Morgan fingerprint density at radius 1 is 0.947 bits per heavy atom. The van der Waals surface area contributed by atoms with Gasteiger partial charge in [-0.3, -0.25) is 9.59 Å². The molecular weight excluding hydrogens is 476 g/mol. The van der Waals surface area contributed by atoms with E-state index in [0.717, 1.165) is 48.4 Å². The Balaban J connectivity index is 1.42. The molecular formula is C32H36N2O4. The maximum Gasteiger partial charge on any atom is 0.255 e. The van der Waals surface area contributed by atoms with Crippen molar-refractivity contribution in [3.05, 3.63) is 95.1 Å². The Hall–Kier alpha value is -4.06. The van der Waals surface area contributed by atoms with Gasteiger partial charge in [0.25, 0.3) is 5.91 Å². The molecule has 6 heteroatoms. The summed E-state index contributed by atoms with van der Waals surface area (Å²) in [6.45, 7) is 7.06. The minimum atomic E-state index is -0.220. The quantitative estimate of drug-likeness (QED) is 0.180. The third-order valence-electron chi connectivity index (χ3n) is 6.55. The smallest absolute Gasteiger partial charge is 0.255 e. The van der Waals surface area contributed by atoms with Gasteiger partial charge in [0.05, 0.1) is 13.7 Å². The zero-order valence-electron chi connectivity index (χ0n) is 22.6. The molecule has 1 aliphatic rings. The van der Waals surface area contributed by atoms with Gasteiger partial charge < -0.3 is 20.1 Å². The van der Waals surface area contributed by atoms with E-state index >= 15 is 0 Å². The van der Waals surface area contributed by atoms with Crippen molar-refractivity contribution >= 4 is 23.1 Å². The number of benzene rings is 3. The number of methoxy groups -OCH3 is 1. The second kappa shape index (κ2) is 12.0. The van der Waals surface area contributed by atoms with Crippen molar-refractivity contribution in [1.82, 2.24) is 5.32 Å². The fourth-order valence-corrected chi connectivity index (χ4v) is 4.53. The van der Waals surface area contributed by atoms with Crippen molar-refractivity contribution in [2.45, 2.75) is 52.0 Å². The highest BCUT2D eigenvalue weighted by Crippen LogP contribution is 2.32. The largest absolute Gasteiger partial charge is 0.497 e. The van der Waals surface area contributed by atoms with Crippen LogP contribution in [0, 0.1) is 0 Å². The van der Waals surface area contributed by atoms with Gasteiger partial charge in [-0.25, -0.2) is 0 Å². The van der Waals surface area contributed by atoms with Gasteiger partial charge in [-0.05, 0) is 92.9 Å². The summed E-state index contributed by atoms with van der Waals surface area (Å²) in [6, 6.07) is 20.0. The summed E-state index contributed by atoms with van der Waals surface area (Å²) in [4.78, 5) is 25.8. The molecule has 1 amide bonds. The second-order valence-electron chi connectivity index (χ2n) is 10.2. The first-order chi connectivity index (χ1) is 18.3. The van der Waals surface area contributed by atoms with Crippen molar-refractivity contribution in [2.75, 3.05) is 19.0 Å². The van der Waals surface area contributed by atoms with Crippen LogP contribution in [0.25, 0.3) is 5.70 Å². The van der Waals surface area contributed by atoms with E-state index in [0.29, 0.717) is 23.4 Å². The fraction of sp³-hybridized carbons (Fsp3) is 0.312. The van der Waals surface area contributed by atoms with Crippen LogP contribution in [0.5, 0.6) is 11.5 Å². The number of anilines is 1. The first-order valence-electron chi connectivity index (χ1n) is 13.1. The summed E-state index contributed by atoms with van der Waals surface area (Å²) < 4.78 is 11.1. The number of nitrogens with one attached hydrogen (secondary N) is 2. The SMILES string of the molecule is CCCCCOc1ccc(C(=O)Nc2ccc(C(=O)/C=C3\NC(C)(C)Cc4ccc(OC)cc43)cc2)cc1. The third kappa shape index (κ3) is 6.82. The lowest BCUT2D eigenvalue weighted by Crippen LogP contribution is -2.43. The van der Waals surface area contributed by atoms with E-state index < -0.39 is 0 Å². The van der Waals surface area contributed by atoms with Crippen LogP contribution in [0.15, 0.2) is 72.8 Å². The molecule has 0 aromatic heterocycles. The predicted molar refractivity (Wildman–Crippen MR) is 152 cm³/mol. The number of allylic oxidation sites excluding steroid dienone is 1. The molecule has 0 fully saturated rings. The number of amides is 1. The van der Waals surface area contributed by atoms with Crippen LogP contribution in [-0.4, -0.2) is 30.9 Å².